The Labute approximate surface area is 180 Å². The van der Waals surface area contributed by atoms with Crippen LogP contribution in [0.1, 0.15) is 10.4 Å². The Bertz CT molecular complexity index is 1330. The zero-order valence-corrected chi connectivity index (χ0v) is 17.3. The summed E-state index contributed by atoms with van der Waals surface area (Å²) in [5.41, 5.74) is 0.695. The Hall–Kier alpha value is -3.70. The minimum absolute atomic E-state index is 0.111. The summed E-state index contributed by atoms with van der Waals surface area (Å²) in [5.74, 6) is -1.17. The predicted octanol–water partition coefficient (Wildman–Crippen LogP) is 3.79. The fourth-order valence-electron chi connectivity index (χ4n) is 2.57. The second-order valence-corrected chi connectivity index (χ2v) is 8.85. The third kappa shape index (κ3) is 4.73. The number of halogens is 1. The molecule has 156 valence electrons. The number of hydrogen-bond acceptors (Lipinski definition) is 7. The minimum atomic E-state index is -4.01. The van der Waals surface area contributed by atoms with Gasteiger partial charge in [-0.05, 0) is 48.5 Å². The van der Waals surface area contributed by atoms with Crippen LogP contribution in [0.2, 0.25) is 0 Å². The lowest BCUT2D eigenvalue weighted by Crippen LogP contribution is -2.15. The van der Waals surface area contributed by atoms with Gasteiger partial charge < -0.3 is 0 Å². The molecule has 0 atom stereocenters. The first kappa shape index (κ1) is 20.6. The number of sulfonamides is 1. The van der Waals surface area contributed by atoms with Crippen molar-refractivity contribution in [2.45, 2.75) is 4.90 Å². The summed E-state index contributed by atoms with van der Waals surface area (Å²) in [5, 5.41) is 11.4. The van der Waals surface area contributed by atoms with Gasteiger partial charge in [0.25, 0.3) is 15.9 Å². The second-order valence-electron chi connectivity index (χ2n) is 6.19. The molecule has 2 aromatic carbocycles. The molecule has 1 amide bonds. The van der Waals surface area contributed by atoms with E-state index < -0.39 is 21.7 Å². The maximum absolute atomic E-state index is 13.7. The van der Waals surface area contributed by atoms with Crippen LogP contribution >= 0.6 is 11.3 Å². The quantitative estimate of drug-likeness (QED) is 0.457. The zero-order valence-electron chi connectivity index (χ0n) is 15.7. The lowest BCUT2D eigenvalue weighted by Gasteiger charge is -2.09. The van der Waals surface area contributed by atoms with Gasteiger partial charge in [0.1, 0.15) is 11.5 Å². The van der Waals surface area contributed by atoms with E-state index in [1.54, 1.807) is 18.3 Å². The summed E-state index contributed by atoms with van der Waals surface area (Å²) in [6, 6.07) is 16.0. The highest BCUT2D eigenvalue weighted by Gasteiger charge is 2.17. The average Bonchev–Trinajstić information content (AvgIpc) is 3.24. The maximum Gasteiger partial charge on any atom is 0.261 e. The van der Waals surface area contributed by atoms with Crippen LogP contribution in [0.5, 0.6) is 0 Å². The van der Waals surface area contributed by atoms with Crippen molar-refractivity contribution in [3.05, 3.63) is 84.3 Å². The SMILES string of the molecule is O=C(Nc1nnc(-c2ccccn2)s1)c1ccc(S(=O)(=O)Nc2ccccc2F)cc1. The molecular weight excluding hydrogens is 441 g/mol. The summed E-state index contributed by atoms with van der Waals surface area (Å²) in [4.78, 5) is 16.5. The number of nitrogens with one attached hydrogen (secondary N) is 2. The van der Waals surface area contributed by atoms with E-state index in [-0.39, 0.29) is 21.3 Å². The van der Waals surface area contributed by atoms with Gasteiger partial charge in [0.15, 0.2) is 5.01 Å². The van der Waals surface area contributed by atoms with Crippen molar-refractivity contribution in [3.63, 3.8) is 0 Å². The smallest absolute Gasteiger partial charge is 0.261 e. The van der Waals surface area contributed by atoms with E-state index in [9.17, 15) is 17.6 Å². The van der Waals surface area contributed by atoms with Gasteiger partial charge in [-0.15, -0.1) is 10.2 Å². The number of carbonyl (C=O) groups excluding carboxylic acids is 1. The second kappa shape index (κ2) is 8.58. The van der Waals surface area contributed by atoms with Crippen molar-refractivity contribution in [3.8, 4) is 10.7 Å². The molecule has 8 nitrogen and oxygen atoms in total. The summed E-state index contributed by atoms with van der Waals surface area (Å²) in [6.45, 7) is 0. The van der Waals surface area contributed by atoms with Crippen LogP contribution in [0.4, 0.5) is 15.2 Å². The number of nitrogens with zero attached hydrogens (tertiary/aromatic N) is 3. The van der Waals surface area contributed by atoms with Crippen LogP contribution in [0.3, 0.4) is 0 Å². The first-order valence-electron chi connectivity index (χ1n) is 8.86. The van der Waals surface area contributed by atoms with E-state index >= 15 is 0 Å². The number of anilines is 2. The standard InChI is InChI=1S/C20H14FN5O3S2/c21-15-5-1-2-6-16(15)26-31(28,29)14-10-8-13(9-11-14)18(27)23-20-25-24-19(30-20)17-7-3-4-12-22-17/h1-12,26H,(H,23,25,27). The molecule has 0 fully saturated rings. The van der Waals surface area contributed by atoms with E-state index in [4.69, 9.17) is 0 Å². The van der Waals surface area contributed by atoms with Crippen LogP contribution in [0.25, 0.3) is 10.7 Å². The highest BCUT2D eigenvalue weighted by atomic mass is 32.2. The number of aromatic nitrogens is 3. The van der Waals surface area contributed by atoms with Crippen LogP contribution in [0.15, 0.2) is 77.8 Å². The van der Waals surface area contributed by atoms with E-state index in [0.29, 0.717) is 10.7 Å². The van der Waals surface area contributed by atoms with E-state index in [0.717, 1.165) is 17.4 Å². The largest absolute Gasteiger partial charge is 0.296 e. The van der Waals surface area contributed by atoms with E-state index in [2.05, 4.69) is 25.2 Å². The first-order valence-corrected chi connectivity index (χ1v) is 11.2. The van der Waals surface area contributed by atoms with Gasteiger partial charge in [0.05, 0.1) is 10.6 Å². The summed E-state index contributed by atoms with van der Waals surface area (Å²) in [7, 11) is -4.01. The van der Waals surface area contributed by atoms with Crippen LogP contribution in [0, 0.1) is 5.82 Å². The summed E-state index contributed by atoms with van der Waals surface area (Å²) >= 11 is 1.16. The molecule has 0 unspecified atom stereocenters. The van der Waals surface area contributed by atoms with Crippen molar-refractivity contribution >= 4 is 38.1 Å². The number of para-hydroxylation sites is 1. The van der Waals surface area contributed by atoms with Gasteiger partial charge in [-0.1, -0.05) is 29.5 Å². The van der Waals surface area contributed by atoms with Gasteiger partial charge in [-0.2, -0.15) is 0 Å². The van der Waals surface area contributed by atoms with Gasteiger partial charge in [-0.25, -0.2) is 12.8 Å². The number of benzene rings is 2. The summed E-state index contributed by atoms with van der Waals surface area (Å²) in [6.07, 6.45) is 1.63. The molecule has 0 aliphatic rings. The maximum atomic E-state index is 13.7. The molecule has 2 N–H and O–H groups in total. The molecule has 31 heavy (non-hydrogen) atoms. The normalized spacial score (nSPS) is 11.1. The minimum Gasteiger partial charge on any atom is -0.296 e. The molecule has 11 heteroatoms. The molecule has 4 rings (SSSR count). The Morgan fingerprint density at radius 3 is 2.39 bits per heavy atom. The molecule has 0 aliphatic heterocycles. The number of carbonyl (C=O) groups is 1. The Morgan fingerprint density at radius 2 is 1.68 bits per heavy atom. The topological polar surface area (TPSA) is 114 Å². The molecular formula is C20H14FN5O3S2. The summed E-state index contributed by atoms with van der Waals surface area (Å²) < 4.78 is 40.8. The van der Waals surface area contributed by atoms with Crippen LogP contribution in [-0.4, -0.2) is 29.5 Å². The van der Waals surface area contributed by atoms with Crippen LogP contribution < -0.4 is 10.0 Å². The van der Waals surface area contributed by atoms with Gasteiger partial charge in [0.2, 0.25) is 5.13 Å². The lowest BCUT2D eigenvalue weighted by molar-refractivity contribution is 0.102. The molecule has 2 aromatic heterocycles. The lowest BCUT2D eigenvalue weighted by atomic mass is 10.2. The first-order chi connectivity index (χ1) is 14.9. The van der Waals surface area contributed by atoms with Crippen molar-refractivity contribution < 1.29 is 17.6 Å². The number of amides is 1. The molecule has 0 radical (unpaired) electrons. The van der Waals surface area contributed by atoms with Crippen molar-refractivity contribution in [2.24, 2.45) is 0 Å². The fraction of sp³-hybridized carbons (Fsp3) is 0. The number of rotatable bonds is 6. The number of hydrogen-bond donors (Lipinski definition) is 2. The van der Waals surface area contributed by atoms with Gasteiger partial charge >= 0.3 is 0 Å². The molecule has 0 spiro atoms. The van der Waals surface area contributed by atoms with Crippen molar-refractivity contribution in [2.75, 3.05) is 10.0 Å². The highest BCUT2D eigenvalue weighted by Crippen LogP contribution is 2.25. The van der Waals surface area contributed by atoms with E-state index in [1.165, 1.54) is 42.5 Å². The average molecular weight is 455 g/mol. The zero-order chi connectivity index (χ0) is 21.8. The molecule has 0 saturated heterocycles. The third-order valence-corrected chi connectivity index (χ3v) is 6.32. The van der Waals surface area contributed by atoms with E-state index in [1.807, 2.05) is 6.07 Å². The van der Waals surface area contributed by atoms with Gasteiger partial charge in [0, 0.05) is 11.8 Å². The van der Waals surface area contributed by atoms with Crippen molar-refractivity contribution in [1.82, 2.24) is 15.2 Å². The van der Waals surface area contributed by atoms with Crippen LogP contribution in [-0.2, 0) is 10.0 Å². The predicted molar refractivity (Wildman–Crippen MR) is 115 cm³/mol. The Kier molecular flexibility index (Phi) is 5.69. The fourth-order valence-corrected chi connectivity index (χ4v) is 4.35. The van der Waals surface area contributed by atoms with Gasteiger partial charge in [-0.3, -0.25) is 19.8 Å². The number of pyridine rings is 1. The molecule has 0 bridgehead atoms. The molecule has 0 saturated carbocycles. The third-order valence-electron chi connectivity index (χ3n) is 4.07. The molecule has 0 aliphatic carbocycles. The molecule has 4 aromatic rings. The Balaban J connectivity index is 1.46. The van der Waals surface area contributed by atoms with Crippen molar-refractivity contribution in [1.29, 1.82) is 0 Å². The highest BCUT2D eigenvalue weighted by molar-refractivity contribution is 7.92. The molecule has 2 heterocycles. The monoisotopic (exact) mass is 455 g/mol. The Morgan fingerprint density at radius 1 is 0.935 bits per heavy atom.